The fourth-order valence-corrected chi connectivity index (χ4v) is 3.68. The van der Waals surface area contributed by atoms with E-state index in [0.29, 0.717) is 5.92 Å². The van der Waals surface area contributed by atoms with Crippen molar-refractivity contribution in [1.82, 2.24) is 10.2 Å². The van der Waals surface area contributed by atoms with E-state index in [1.807, 2.05) is 13.8 Å². The fourth-order valence-electron chi connectivity index (χ4n) is 3.68. The van der Waals surface area contributed by atoms with Crippen LogP contribution in [0.4, 0.5) is 0 Å². The maximum atomic E-state index is 12.1. The van der Waals surface area contributed by atoms with Gasteiger partial charge in [0.2, 0.25) is 5.91 Å². The van der Waals surface area contributed by atoms with Crippen LogP contribution < -0.4 is 5.32 Å². The highest BCUT2D eigenvalue weighted by molar-refractivity contribution is 5.81. The molecule has 1 aromatic carbocycles. The number of piperidine rings is 1. The van der Waals surface area contributed by atoms with Crippen LogP contribution in [0.2, 0.25) is 0 Å². The number of rotatable bonds is 5. The molecule has 0 spiro atoms. The second kappa shape index (κ2) is 7.45. The normalized spacial score (nSPS) is 27.9. The van der Waals surface area contributed by atoms with Gasteiger partial charge in [-0.05, 0) is 51.1 Å². The summed E-state index contributed by atoms with van der Waals surface area (Å²) in [5.41, 5.74) is 1.39. The summed E-state index contributed by atoms with van der Waals surface area (Å²) in [5, 5.41) is 2.97. The average molecular weight is 316 g/mol. The second-order valence-electron chi connectivity index (χ2n) is 7.15. The van der Waals surface area contributed by atoms with Gasteiger partial charge in [0.1, 0.15) is 6.10 Å². The zero-order valence-corrected chi connectivity index (χ0v) is 14.2. The largest absolute Gasteiger partial charge is 0.364 e. The maximum Gasteiger partial charge on any atom is 0.249 e. The van der Waals surface area contributed by atoms with E-state index in [2.05, 4.69) is 40.5 Å². The Hall–Kier alpha value is -1.39. The van der Waals surface area contributed by atoms with Gasteiger partial charge in [0.15, 0.2) is 0 Å². The minimum Gasteiger partial charge on any atom is -0.364 e. The molecule has 2 saturated heterocycles. The molecule has 0 radical (unpaired) electrons. The summed E-state index contributed by atoms with van der Waals surface area (Å²) >= 11 is 0. The van der Waals surface area contributed by atoms with E-state index in [1.165, 1.54) is 5.56 Å². The van der Waals surface area contributed by atoms with Crippen LogP contribution in [0, 0.1) is 5.92 Å². The molecule has 2 aliphatic heterocycles. The molecular formula is C19H28N2O2. The summed E-state index contributed by atoms with van der Waals surface area (Å²) in [6, 6.07) is 10.8. The summed E-state index contributed by atoms with van der Waals surface area (Å²) in [5.74, 6) is 0.608. The average Bonchev–Trinajstić information content (AvgIpc) is 2.96. The molecule has 0 aromatic heterocycles. The third kappa shape index (κ3) is 4.33. The predicted molar refractivity (Wildman–Crippen MR) is 91.2 cm³/mol. The van der Waals surface area contributed by atoms with Crippen molar-refractivity contribution in [3.8, 4) is 0 Å². The summed E-state index contributed by atoms with van der Waals surface area (Å²) in [6.07, 6.45) is 3.08. The van der Waals surface area contributed by atoms with E-state index in [-0.39, 0.29) is 24.2 Å². The molecule has 3 rings (SSSR count). The Labute approximate surface area is 139 Å². The molecule has 0 unspecified atom stereocenters. The number of carbonyl (C=O) groups is 1. The Balaban J connectivity index is 1.48. The highest BCUT2D eigenvalue weighted by atomic mass is 16.5. The number of nitrogens with zero attached hydrogens (tertiary/aromatic N) is 1. The molecule has 23 heavy (non-hydrogen) atoms. The van der Waals surface area contributed by atoms with Gasteiger partial charge in [0.25, 0.3) is 0 Å². The lowest BCUT2D eigenvalue weighted by molar-refractivity contribution is -0.133. The Kier molecular flexibility index (Phi) is 5.34. The van der Waals surface area contributed by atoms with E-state index in [9.17, 15) is 4.79 Å². The number of fused-ring (bicyclic) bond motifs is 1. The van der Waals surface area contributed by atoms with Crippen LogP contribution in [-0.2, 0) is 16.0 Å². The van der Waals surface area contributed by atoms with Gasteiger partial charge < -0.3 is 15.0 Å². The van der Waals surface area contributed by atoms with Crippen LogP contribution in [-0.4, -0.2) is 48.7 Å². The topological polar surface area (TPSA) is 41.6 Å². The van der Waals surface area contributed by atoms with Crippen LogP contribution in [0.1, 0.15) is 32.3 Å². The van der Waals surface area contributed by atoms with Gasteiger partial charge in [-0.2, -0.15) is 0 Å². The van der Waals surface area contributed by atoms with E-state index < -0.39 is 0 Å². The van der Waals surface area contributed by atoms with Crippen LogP contribution in [0.3, 0.4) is 0 Å². The van der Waals surface area contributed by atoms with Crippen molar-refractivity contribution in [3.05, 3.63) is 35.9 Å². The van der Waals surface area contributed by atoms with Gasteiger partial charge in [0.05, 0.1) is 6.10 Å². The summed E-state index contributed by atoms with van der Waals surface area (Å²) in [7, 11) is 0. The molecule has 3 atom stereocenters. The minimum absolute atomic E-state index is 0.0604. The first-order valence-corrected chi connectivity index (χ1v) is 8.84. The van der Waals surface area contributed by atoms with Gasteiger partial charge in [-0.15, -0.1) is 0 Å². The van der Waals surface area contributed by atoms with Gasteiger partial charge >= 0.3 is 0 Å². The van der Waals surface area contributed by atoms with Crippen LogP contribution in [0.5, 0.6) is 0 Å². The summed E-state index contributed by atoms with van der Waals surface area (Å²) in [6.45, 7) is 7.13. The van der Waals surface area contributed by atoms with Crippen molar-refractivity contribution in [2.45, 2.75) is 51.4 Å². The first-order chi connectivity index (χ1) is 11.1. The van der Waals surface area contributed by atoms with E-state index in [0.717, 1.165) is 38.9 Å². The first kappa shape index (κ1) is 16.5. The molecule has 1 amide bonds. The second-order valence-corrected chi connectivity index (χ2v) is 7.15. The molecule has 0 bridgehead atoms. The highest BCUT2D eigenvalue weighted by Crippen LogP contribution is 2.33. The lowest BCUT2D eigenvalue weighted by Crippen LogP contribution is -2.43. The Morgan fingerprint density at radius 2 is 2.13 bits per heavy atom. The smallest absolute Gasteiger partial charge is 0.249 e. The SMILES string of the molecule is CC(C)NC(=O)[C@H]1C[C@@H]2CCN(CCc3ccccc3)C[C@H]2O1. The molecule has 126 valence electrons. The number of hydrogen-bond donors (Lipinski definition) is 1. The molecule has 2 heterocycles. The third-order valence-electron chi connectivity index (χ3n) is 4.92. The zero-order chi connectivity index (χ0) is 16.2. The summed E-state index contributed by atoms with van der Waals surface area (Å²) < 4.78 is 6.06. The van der Waals surface area contributed by atoms with E-state index >= 15 is 0 Å². The molecule has 1 aromatic rings. The number of ether oxygens (including phenoxy) is 1. The number of likely N-dealkylation sites (tertiary alicyclic amines) is 1. The fraction of sp³-hybridized carbons (Fsp3) is 0.632. The van der Waals surface area contributed by atoms with Crippen molar-refractivity contribution in [2.75, 3.05) is 19.6 Å². The highest BCUT2D eigenvalue weighted by Gasteiger charge is 2.41. The minimum atomic E-state index is -0.249. The van der Waals surface area contributed by atoms with E-state index in [4.69, 9.17) is 4.74 Å². The maximum absolute atomic E-state index is 12.1. The summed E-state index contributed by atoms with van der Waals surface area (Å²) in [4.78, 5) is 14.6. The standard InChI is InChI=1S/C19H28N2O2/c1-14(2)20-19(22)17-12-16-9-11-21(13-18(16)23-17)10-8-15-6-4-3-5-7-15/h3-7,14,16-18H,8-13H2,1-2H3,(H,20,22)/t16-,17+,18+/m0/s1. The molecule has 1 N–H and O–H groups in total. The zero-order valence-electron chi connectivity index (χ0n) is 14.2. The van der Waals surface area contributed by atoms with Crippen molar-refractivity contribution >= 4 is 5.91 Å². The number of hydrogen-bond acceptors (Lipinski definition) is 3. The van der Waals surface area contributed by atoms with Crippen LogP contribution in [0.15, 0.2) is 30.3 Å². The third-order valence-corrected chi connectivity index (χ3v) is 4.92. The number of carbonyl (C=O) groups excluding carboxylic acids is 1. The van der Waals surface area contributed by atoms with Crippen molar-refractivity contribution in [3.63, 3.8) is 0 Å². The van der Waals surface area contributed by atoms with Gasteiger partial charge in [0, 0.05) is 19.1 Å². The number of amides is 1. The molecule has 4 heteroatoms. The van der Waals surface area contributed by atoms with Crippen LogP contribution in [0.25, 0.3) is 0 Å². The molecule has 4 nitrogen and oxygen atoms in total. The quantitative estimate of drug-likeness (QED) is 0.906. The lowest BCUT2D eigenvalue weighted by atomic mass is 9.91. The molecule has 2 fully saturated rings. The molecule has 2 aliphatic rings. The van der Waals surface area contributed by atoms with E-state index in [1.54, 1.807) is 0 Å². The molecule has 0 aliphatic carbocycles. The van der Waals surface area contributed by atoms with Gasteiger partial charge in [-0.3, -0.25) is 4.79 Å². The van der Waals surface area contributed by atoms with Crippen LogP contribution >= 0.6 is 0 Å². The Morgan fingerprint density at radius 1 is 1.35 bits per heavy atom. The van der Waals surface area contributed by atoms with Gasteiger partial charge in [-0.25, -0.2) is 0 Å². The molecule has 0 saturated carbocycles. The first-order valence-electron chi connectivity index (χ1n) is 8.84. The monoisotopic (exact) mass is 316 g/mol. The Morgan fingerprint density at radius 3 is 2.87 bits per heavy atom. The lowest BCUT2D eigenvalue weighted by Gasteiger charge is -2.34. The number of nitrogens with one attached hydrogen (secondary N) is 1. The van der Waals surface area contributed by atoms with Crippen molar-refractivity contribution in [2.24, 2.45) is 5.92 Å². The Bertz CT molecular complexity index is 517. The van der Waals surface area contributed by atoms with Gasteiger partial charge in [-0.1, -0.05) is 30.3 Å². The number of benzene rings is 1. The van der Waals surface area contributed by atoms with Crippen molar-refractivity contribution < 1.29 is 9.53 Å². The van der Waals surface area contributed by atoms with Crippen molar-refractivity contribution in [1.29, 1.82) is 0 Å². The molecular weight excluding hydrogens is 288 g/mol. The predicted octanol–water partition coefficient (Wildman–Crippen LogP) is 2.23.